The maximum atomic E-state index is 13.0. The number of methoxy groups -OCH3 is 1. The number of hydrogen-bond acceptors (Lipinski definition) is 7. The zero-order chi connectivity index (χ0) is 23.7. The van der Waals surface area contributed by atoms with Crippen LogP contribution in [0.3, 0.4) is 0 Å². The highest BCUT2D eigenvalue weighted by Crippen LogP contribution is 2.29. The zero-order valence-corrected chi connectivity index (χ0v) is 19.9. The molecule has 2 aromatic carbocycles. The summed E-state index contributed by atoms with van der Waals surface area (Å²) in [5.41, 5.74) is 1.75. The number of rotatable bonds is 11. The summed E-state index contributed by atoms with van der Waals surface area (Å²) in [6.45, 7) is 2.39. The van der Waals surface area contributed by atoms with Crippen molar-refractivity contribution >= 4 is 39.1 Å². The summed E-state index contributed by atoms with van der Waals surface area (Å²) in [5, 5.41) is 2.74. The number of amides is 1. The van der Waals surface area contributed by atoms with Gasteiger partial charge in [-0.05, 0) is 61.0 Å². The second kappa shape index (κ2) is 11.6. The van der Waals surface area contributed by atoms with Crippen LogP contribution in [0.4, 0.5) is 11.4 Å². The fraction of sp³-hybridized carbons (Fsp3) is 0.217. The number of nitrogens with zero attached hydrogens (tertiary/aromatic N) is 1. The fourth-order valence-corrected chi connectivity index (χ4v) is 4.92. The van der Waals surface area contributed by atoms with Crippen molar-refractivity contribution in [2.24, 2.45) is 0 Å². The minimum atomic E-state index is -3.97. The van der Waals surface area contributed by atoms with Crippen LogP contribution in [0.2, 0.25) is 0 Å². The summed E-state index contributed by atoms with van der Waals surface area (Å²) in [4.78, 5) is 16.3. The molecular weight excluding hydrogens is 462 g/mol. The summed E-state index contributed by atoms with van der Waals surface area (Å²) in [7, 11) is -2.58. The van der Waals surface area contributed by atoms with Crippen molar-refractivity contribution in [2.45, 2.75) is 17.6 Å². The number of carbonyl (C=O) groups is 1. The molecule has 1 amide bonds. The highest BCUT2D eigenvalue weighted by Gasteiger charge is 2.21. The third kappa shape index (κ3) is 7.13. The number of nitrogens with one attached hydrogen (secondary N) is 2. The number of pyridine rings is 1. The van der Waals surface area contributed by atoms with Crippen LogP contribution in [-0.2, 0) is 20.6 Å². The molecule has 0 bridgehead atoms. The summed E-state index contributed by atoms with van der Waals surface area (Å²) in [6, 6.07) is 14.8. The molecule has 0 aliphatic rings. The molecule has 2 N–H and O–H groups in total. The molecule has 0 saturated heterocycles. The van der Waals surface area contributed by atoms with Gasteiger partial charge in [-0.15, -0.1) is 11.8 Å². The minimum absolute atomic E-state index is 0.0836. The van der Waals surface area contributed by atoms with E-state index in [4.69, 9.17) is 9.47 Å². The largest absolute Gasteiger partial charge is 0.495 e. The molecule has 174 valence electrons. The number of aromatic nitrogens is 1. The first kappa shape index (κ1) is 24.4. The van der Waals surface area contributed by atoms with Gasteiger partial charge in [-0.3, -0.25) is 14.5 Å². The molecule has 3 aromatic rings. The molecule has 1 aromatic heterocycles. The highest BCUT2D eigenvalue weighted by atomic mass is 32.2. The third-order valence-electron chi connectivity index (χ3n) is 4.38. The number of hydrogen-bond donors (Lipinski definition) is 2. The Morgan fingerprint density at radius 3 is 2.52 bits per heavy atom. The van der Waals surface area contributed by atoms with Gasteiger partial charge in [-0.1, -0.05) is 6.07 Å². The molecule has 0 radical (unpaired) electrons. The summed E-state index contributed by atoms with van der Waals surface area (Å²) in [6.07, 6.45) is 3.45. The van der Waals surface area contributed by atoms with Crippen molar-refractivity contribution in [3.05, 3.63) is 72.6 Å². The maximum absolute atomic E-state index is 13.0. The summed E-state index contributed by atoms with van der Waals surface area (Å²) in [5.74, 6) is 1.43. The number of ether oxygens (including phenoxy) is 2. The minimum Gasteiger partial charge on any atom is -0.495 e. The van der Waals surface area contributed by atoms with Crippen molar-refractivity contribution in [3.63, 3.8) is 0 Å². The molecule has 0 unspecified atom stereocenters. The van der Waals surface area contributed by atoms with Gasteiger partial charge in [0.1, 0.15) is 16.4 Å². The Hall–Kier alpha value is -3.24. The van der Waals surface area contributed by atoms with Crippen LogP contribution < -0.4 is 19.5 Å². The van der Waals surface area contributed by atoms with E-state index in [0.717, 1.165) is 5.56 Å². The first-order valence-corrected chi connectivity index (χ1v) is 12.8. The Kier molecular flexibility index (Phi) is 8.56. The molecule has 33 heavy (non-hydrogen) atoms. The number of carbonyl (C=O) groups excluding carboxylic acids is 1. The Morgan fingerprint density at radius 1 is 1.09 bits per heavy atom. The Balaban J connectivity index is 1.68. The summed E-state index contributed by atoms with van der Waals surface area (Å²) >= 11 is 1.44. The molecule has 3 rings (SSSR count). The zero-order valence-electron chi connectivity index (χ0n) is 18.3. The van der Waals surface area contributed by atoms with Crippen LogP contribution in [0.1, 0.15) is 12.5 Å². The number of thioether (sulfide) groups is 1. The molecule has 0 saturated carbocycles. The lowest BCUT2D eigenvalue weighted by atomic mass is 10.3. The molecule has 8 nitrogen and oxygen atoms in total. The Labute approximate surface area is 197 Å². The van der Waals surface area contributed by atoms with Gasteiger partial charge < -0.3 is 14.8 Å². The van der Waals surface area contributed by atoms with Crippen molar-refractivity contribution < 1.29 is 22.7 Å². The average Bonchev–Trinajstić information content (AvgIpc) is 2.81. The molecule has 0 aliphatic heterocycles. The lowest BCUT2D eigenvalue weighted by molar-refractivity contribution is -0.113. The van der Waals surface area contributed by atoms with E-state index in [-0.39, 0.29) is 22.3 Å². The van der Waals surface area contributed by atoms with Crippen LogP contribution in [0.15, 0.2) is 71.9 Å². The second-order valence-corrected chi connectivity index (χ2v) is 9.47. The van der Waals surface area contributed by atoms with Crippen molar-refractivity contribution in [1.82, 2.24) is 4.98 Å². The Bertz CT molecular complexity index is 1170. The topological polar surface area (TPSA) is 107 Å². The Morgan fingerprint density at radius 2 is 1.85 bits per heavy atom. The molecule has 0 fully saturated rings. The van der Waals surface area contributed by atoms with E-state index in [9.17, 15) is 13.2 Å². The normalized spacial score (nSPS) is 11.0. The van der Waals surface area contributed by atoms with Crippen LogP contribution in [0, 0.1) is 0 Å². The smallest absolute Gasteiger partial charge is 0.265 e. The average molecular weight is 488 g/mol. The lowest BCUT2D eigenvalue weighted by Crippen LogP contribution is -2.17. The van der Waals surface area contributed by atoms with Gasteiger partial charge in [0.05, 0.1) is 19.5 Å². The fourth-order valence-electron chi connectivity index (χ4n) is 2.90. The number of benzene rings is 2. The van der Waals surface area contributed by atoms with E-state index < -0.39 is 10.0 Å². The maximum Gasteiger partial charge on any atom is 0.265 e. The highest BCUT2D eigenvalue weighted by molar-refractivity contribution is 7.99. The van der Waals surface area contributed by atoms with Crippen molar-refractivity contribution in [1.29, 1.82) is 0 Å². The van der Waals surface area contributed by atoms with E-state index >= 15 is 0 Å². The second-order valence-electron chi connectivity index (χ2n) is 6.83. The first-order valence-electron chi connectivity index (χ1n) is 10.1. The van der Waals surface area contributed by atoms with Crippen LogP contribution >= 0.6 is 11.8 Å². The predicted molar refractivity (Wildman–Crippen MR) is 130 cm³/mol. The van der Waals surface area contributed by atoms with E-state index in [1.807, 2.05) is 19.1 Å². The SMILES string of the molecule is CCOc1ccc(NS(=O)(=O)c2cc(NC(=O)CSCc3cccnc3)ccc2OC)cc1. The number of sulfonamides is 1. The van der Waals surface area contributed by atoms with Gasteiger partial charge >= 0.3 is 0 Å². The van der Waals surface area contributed by atoms with E-state index in [2.05, 4.69) is 15.0 Å². The molecule has 10 heteroatoms. The van der Waals surface area contributed by atoms with E-state index in [1.54, 1.807) is 42.7 Å². The van der Waals surface area contributed by atoms with Crippen molar-refractivity contribution in [3.8, 4) is 11.5 Å². The third-order valence-corrected chi connectivity index (χ3v) is 6.79. The predicted octanol–water partition coefficient (Wildman–Crippen LogP) is 4.16. The lowest BCUT2D eigenvalue weighted by Gasteiger charge is -2.14. The standard InChI is InChI=1S/C23H25N3O5S2/c1-3-31-20-9-6-18(7-10-20)26-33(28,29)22-13-19(8-11-21(22)30-2)25-23(27)16-32-15-17-5-4-12-24-14-17/h4-14,26H,3,15-16H2,1-2H3,(H,25,27). The number of anilines is 2. The molecule has 1 heterocycles. The van der Waals surface area contributed by atoms with Gasteiger partial charge in [0.2, 0.25) is 5.91 Å². The van der Waals surface area contributed by atoms with Crippen LogP contribution in [0.5, 0.6) is 11.5 Å². The molecule has 0 atom stereocenters. The molecule has 0 spiro atoms. The quantitative estimate of drug-likeness (QED) is 0.418. The summed E-state index contributed by atoms with van der Waals surface area (Å²) < 4.78 is 39.2. The van der Waals surface area contributed by atoms with Gasteiger partial charge in [0, 0.05) is 29.5 Å². The van der Waals surface area contributed by atoms with Gasteiger partial charge in [-0.2, -0.15) is 0 Å². The van der Waals surface area contributed by atoms with Crippen LogP contribution in [0.25, 0.3) is 0 Å². The van der Waals surface area contributed by atoms with E-state index in [1.165, 1.54) is 31.0 Å². The van der Waals surface area contributed by atoms with Gasteiger partial charge in [0.15, 0.2) is 0 Å². The monoisotopic (exact) mass is 487 g/mol. The van der Waals surface area contributed by atoms with Crippen molar-refractivity contribution in [2.75, 3.05) is 29.5 Å². The van der Waals surface area contributed by atoms with Gasteiger partial charge in [0.25, 0.3) is 10.0 Å². The first-order chi connectivity index (χ1) is 15.9. The molecular formula is C23H25N3O5S2. The van der Waals surface area contributed by atoms with Crippen LogP contribution in [-0.4, -0.2) is 38.8 Å². The molecule has 0 aliphatic carbocycles. The van der Waals surface area contributed by atoms with Gasteiger partial charge in [-0.25, -0.2) is 8.42 Å². The van der Waals surface area contributed by atoms with E-state index in [0.29, 0.717) is 29.5 Å².